The first-order chi connectivity index (χ1) is 12.1. The standard InChI is InChI=1S/C17H21N5O4/c1-9(2)25-16(23)11-5-12(17(24)26-10(3)4)7-13(6-11)21-22-14(8-18)15(19)20/h5-7,9-10,21H,1-4H3,(H3,19,20)/b22-14+. The minimum Gasteiger partial charge on any atom is -0.459 e. The third-order valence-corrected chi connectivity index (χ3v) is 2.75. The minimum atomic E-state index is -0.627. The van der Waals surface area contributed by atoms with E-state index < -0.39 is 17.8 Å². The number of benzene rings is 1. The van der Waals surface area contributed by atoms with Crippen LogP contribution in [0, 0.1) is 16.7 Å². The van der Waals surface area contributed by atoms with E-state index >= 15 is 0 Å². The molecule has 1 aromatic carbocycles. The molecule has 0 radical (unpaired) electrons. The molecule has 9 heteroatoms. The number of amidine groups is 1. The predicted octanol–water partition coefficient (Wildman–Crippen LogP) is 2.04. The molecule has 4 N–H and O–H groups in total. The van der Waals surface area contributed by atoms with Crippen LogP contribution >= 0.6 is 0 Å². The summed E-state index contributed by atoms with van der Waals surface area (Å²) in [6.45, 7) is 6.79. The van der Waals surface area contributed by atoms with E-state index in [4.69, 9.17) is 25.9 Å². The van der Waals surface area contributed by atoms with Gasteiger partial charge in [0.05, 0.1) is 29.0 Å². The number of hydrazone groups is 1. The number of anilines is 1. The zero-order chi connectivity index (χ0) is 19.9. The highest BCUT2D eigenvalue weighted by molar-refractivity contribution is 6.45. The van der Waals surface area contributed by atoms with Gasteiger partial charge in [0.2, 0.25) is 5.71 Å². The fourth-order valence-electron chi connectivity index (χ4n) is 1.76. The number of hydrogen-bond donors (Lipinski definition) is 3. The molecule has 0 saturated heterocycles. The molecule has 0 heterocycles. The van der Waals surface area contributed by atoms with Crippen LogP contribution in [-0.2, 0) is 9.47 Å². The largest absolute Gasteiger partial charge is 0.459 e. The van der Waals surface area contributed by atoms with E-state index in [1.54, 1.807) is 33.8 Å². The van der Waals surface area contributed by atoms with E-state index in [-0.39, 0.29) is 34.7 Å². The fraction of sp³-hybridized carbons (Fsp3) is 0.353. The monoisotopic (exact) mass is 359 g/mol. The Morgan fingerprint density at radius 1 is 1.12 bits per heavy atom. The topological polar surface area (TPSA) is 151 Å². The van der Waals surface area contributed by atoms with Gasteiger partial charge in [-0.15, -0.1) is 0 Å². The molecular weight excluding hydrogens is 338 g/mol. The number of rotatable bonds is 7. The van der Waals surface area contributed by atoms with Crippen LogP contribution in [0.4, 0.5) is 5.69 Å². The Kier molecular flexibility index (Phi) is 7.28. The van der Waals surface area contributed by atoms with Crippen LogP contribution < -0.4 is 11.2 Å². The van der Waals surface area contributed by atoms with E-state index in [9.17, 15) is 9.59 Å². The maximum Gasteiger partial charge on any atom is 0.338 e. The average molecular weight is 359 g/mol. The van der Waals surface area contributed by atoms with Crippen LogP contribution in [0.25, 0.3) is 0 Å². The molecule has 0 aromatic heterocycles. The molecule has 1 aromatic rings. The molecule has 26 heavy (non-hydrogen) atoms. The first-order valence-corrected chi connectivity index (χ1v) is 7.79. The summed E-state index contributed by atoms with van der Waals surface area (Å²) in [5, 5.41) is 19.8. The summed E-state index contributed by atoms with van der Waals surface area (Å²) in [5.41, 5.74) is 7.83. The highest BCUT2D eigenvalue weighted by Crippen LogP contribution is 2.18. The molecule has 0 aliphatic heterocycles. The van der Waals surface area contributed by atoms with Crippen molar-refractivity contribution in [1.29, 1.82) is 10.7 Å². The first kappa shape index (κ1) is 20.6. The van der Waals surface area contributed by atoms with Crippen molar-refractivity contribution in [1.82, 2.24) is 0 Å². The zero-order valence-electron chi connectivity index (χ0n) is 15.0. The summed E-state index contributed by atoms with van der Waals surface area (Å²) in [4.78, 5) is 24.3. The van der Waals surface area contributed by atoms with E-state index in [1.807, 2.05) is 0 Å². The van der Waals surface area contributed by atoms with E-state index in [1.165, 1.54) is 18.2 Å². The number of carbonyl (C=O) groups excluding carboxylic acids is 2. The molecule has 0 fully saturated rings. The Hall–Kier alpha value is -3.41. The summed E-state index contributed by atoms with van der Waals surface area (Å²) in [6.07, 6.45) is -0.683. The molecule has 0 aliphatic carbocycles. The zero-order valence-corrected chi connectivity index (χ0v) is 15.0. The van der Waals surface area contributed by atoms with E-state index in [0.717, 1.165) is 0 Å². The van der Waals surface area contributed by atoms with Crippen molar-refractivity contribution >= 4 is 29.2 Å². The number of esters is 2. The average Bonchev–Trinajstić information content (AvgIpc) is 2.53. The number of carbonyl (C=O) groups is 2. The maximum absolute atomic E-state index is 12.2. The van der Waals surface area contributed by atoms with Crippen molar-refractivity contribution in [2.45, 2.75) is 39.9 Å². The summed E-state index contributed by atoms with van der Waals surface area (Å²) in [7, 11) is 0. The third-order valence-electron chi connectivity index (χ3n) is 2.75. The predicted molar refractivity (Wildman–Crippen MR) is 96.1 cm³/mol. The fourth-order valence-corrected chi connectivity index (χ4v) is 1.76. The Morgan fingerprint density at radius 3 is 1.92 bits per heavy atom. The molecule has 0 bridgehead atoms. The van der Waals surface area contributed by atoms with Gasteiger partial charge in [0.25, 0.3) is 0 Å². The van der Waals surface area contributed by atoms with Crippen LogP contribution in [0.5, 0.6) is 0 Å². The van der Waals surface area contributed by atoms with E-state index in [0.29, 0.717) is 0 Å². The van der Waals surface area contributed by atoms with Crippen LogP contribution in [0.2, 0.25) is 0 Å². The number of nitrogens with one attached hydrogen (secondary N) is 2. The lowest BCUT2D eigenvalue weighted by Crippen LogP contribution is -2.22. The van der Waals surface area contributed by atoms with Gasteiger partial charge in [0, 0.05) is 0 Å². The van der Waals surface area contributed by atoms with Gasteiger partial charge in [0.1, 0.15) is 6.07 Å². The Balaban J connectivity index is 3.27. The second kappa shape index (κ2) is 9.17. The Bertz CT molecular complexity index is 738. The van der Waals surface area contributed by atoms with Gasteiger partial charge in [-0.2, -0.15) is 10.4 Å². The Labute approximate surface area is 151 Å². The molecule has 0 aliphatic rings. The van der Waals surface area contributed by atoms with Gasteiger partial charge in [-0.05, 0) is 45.9 Å². The van der Waals surface area contributed by atoms with E-state index in [2.05, 4.69) is 10.5 Å². The van der Waals surface area contributed by atoms with Crippen molar-refractivity contribution in [3.8, 4) is 6.07 Å². The highest BCUT2D eigenvalue weighted by atomic mass is 16.5. The number of nitrogens with two attached hydrogens (primary N) is 1. The molecule has 1 rings (SSSR count). The van der Waals surface area contributed by atoms with Gasteiger partial charge < -0.3 is 15.2 Å². The summed E-state index contributed by atoms with van der Waals surface area (Å²) in [6, 6.07) is 5.80. The number of hydrogen-bond acceptors (Lipinski definition) is 8. The molecule has 0 atom stereocenters. The van der Waals surface area contributed by atoms with Crippen LogP contribution in [0.1, 0.15) is 48.4 Å². The number of nitriles is 1. The second-order valence-corrected chi connectivity index (χ2v) is 5.80. The molecule has 0 amide bonds. The minimum absolute atomic E-state index is 0.107. The SMILES string of the molecule is CC(C)OC(=O)c1cc(N/N=C(\C#N)C(=N)N)cc(C(=O)OC(C)C)c1. The molecule has 0 unspecified atom stereocenters. The maximum atomic E-state index is 12.2. The molecule has 0 spiro atoms. The number of nitrogens with zero attached hydrogens (tertiary/aromatic N) is 2. The highest BCUT2D eigenvalue weighted by Gasteiger charge is 2.17. The van der Waals surface area contributed by atoms with Crippen molar-refractivity contribution in [2.24, 2.45) is 10.8 Å². The van der Waals surface area contributed by atoms with Crippen molar-refractivity contribution in [3.63, 3.8) is 0 Å². The molecule has 9 nitrogen and oxygen atoms in total. The van der Waals surface area contributed by atoms with Crippen LogP contribution in [-0.4, -0.2) is 35.7 Å². The normalized spacial score (nSPS) is 11.0. The Morgan fingerprint density at radius 2 is 1.58 bits per heavy atom. The summed E-state index contributed by atoms with van der Waals surface area (Å²) >= 11 is 0. The summed E-state index contributed by atoms with van der Waals surface area (Å²) < 4.78 is 10.3. The van der Waals surface area contributed by atoms with Crippen LogP contribution in [0.3, 0.4) is 0 Å². The van der Waals surface area contributed by atoms with Gasteiger partial charge in [-0.25, -0.2) is 9.59 Å². The van der Waals surface area contributed by atoms with Gasteiger partial charge in [-0.3, -0.25) is 10.8 Å². The lowest BCUT2D eigenvalue weighted by Gasteiger charge is -2.12. The number of ether oxygens (including phenoxy) is 2. The first-order valence-electron chi connectivity index (χ1n) is 7.79. The van der Waals surface area contributed by atoms with Gasteiger partial charge in [0.15, 0.2) is 5.84 Å². The lowest BCUT2D eigenvalue weighted by molar-refractivity contribution is 0.0377. The summed E-state index contributed by atoms with van der Waals surface area (Å²) in [5.74, 6) is -1.77. The lowest BCUT2D eigenvalue weighted by atomic mass is 10.1. The molecule has 138 valence electrons. The third kappa shape index (κ3) is 6.24. The smallest absolute Gasteiger partial charge is 0.338 e. The van der Waals surface area contributed by atoms with Gasteiger partial charge in [-0.1, -0.05) is 0 Å². The van der Waals surface area contributed by atoms with Crippen LogP contribution in [0.15, 0.2) is 23.3 Å². The van der Waals surface area contributed by atoms with Crippen molar-refractivity contribution in [2.75, 3.05) is 5.43 Å². The van der Waals surface area contributed by atoms with Crippen molar-refractivity contribution < 1.29 is 19.1 Å². The quantitative estimate of drug-likeness (QED) is 0.291. The second-order valence-electron chi connectivity index (χ2n) is 5.80. The van der Waals surface area contributed by atoms with Crippen molar-refractivity contribution in [3.05, 3.63) is 29.3 Å². The molecular formula is C17H21N5O4. The van der Waals surface area contributed by atoms with Gasteiger partial charge >= 0.3 is 11.9 Å². The molecule has 0 saturated carbocycles.